The Hall–Kier alpha value is 0.470. The van der Waals surface area contributed by atoms with Crippen molar-refractivity contribution in [1.82, 2.24) is 0 Å². The molecule has 0 N–H and O–H groups in total. The Bertz CT molecular complexity index is 163. The highest BCUT2D eigenvalue weighted by molar-refractivity contribution is 14.1. The average Bonchev–Trinajstić information content (AvgIpc) is 2.00. The molecular formula is C13H25I. The second-order valence-electron chi connectivity index (χ2n) is 5.12. The quantitative estimate of drug-likeness (QED) is 0.435. The van der Waals surface area contributed by atoms with Crippen molar-refractivity contribution >= 4 is 22.6 Å². The van der Waals surface area contributed by atoms with Crippen LogP contribution in [0.1, 0.15) is 66.2 Å². The van der Waals surface area contributed by atoms with Gasteiger partial charge in [-0.05, 0) is 44.4 Å². The summed E-state index contributed by atoms with van der Waals surface area (Å²) in [6, 6.07) is 0. The van der Waals surface area contributed by atoms with E-state index in [-0.39, 0.29) is 0 Å². The van der Waals surface area contributed by atoms with E-state index in [9.17, 15) is 0 Å². The maximum atomic E-state index is 2.49. The Balaban J connectivity index is 3.54. The summed E-state index contributed by atoms with van der Waals surface area (Å²) in [5.74, 6) is 0. The first-order valence-electron chi connectivity index (χ1n) is 5.83. The van der Waals surface area contributed by atoms with Crippen LogP contribution in [0.4, 0.5) is 0 Å². The standard InChI is InChI=1S/C13H25I/c1-5-6-7-8-9-10-12(14)11-13(2,3)4/h11H,5-10H2,1-4H3/b12-11-. The monoisotopic (exact) mass is 308 g/mol. The molecule has 0 aliphatic heterocycles. The van der Waals surface area contributed by atoms with E-state index in [4.69, 9.17) is 0 Å². The van der Waals surface area contributed by atoms with E-state index in [2.05, 4.69) is 56.4 Å². The van der Waals surface area contributed by atoms with Gasteiger partial charge >= 0.3 is 0 Å². The summed E-state index contributed by atoms with van der Waals surface area (Å²) in [4.78, 5) is 0. The highest BCUT2D eigenvalue weighted by Crippen LogP contribution is 2.24. The summed E-state index contributed by atoms with van der Waals surface area (Å²) in [6.45, 7) is 9.07. The lowest BCUT2D eigenvalue weighted by molar-refractivity contribution is 0.539. The van der Waals surface area contributed by atoms with E-state index in [0.717, 1.165) is 0 Å². The fourth-order valence-electron chi connectivity index (χ4n) is 1.44. The minimum Gasteiger partial charge on any atom is -0.0698 e. The molecule has 0 spiro atoms. The smallest absolute Gasteiger partial charge is 0.0129 e. The van der Waals surface area contributed by atoms with Crippen LogP contribution in [-0.4, -0.2) is 0 Å². The lowest BCUT2D eigenvalue weighted by Gasteiger charge is -2.13. The Morgan fingerprint density at radius 1 is 1.07 bits per heavy atom. The normalized spacial score (nSPS) is 13.4. The topological polar surface area (TPSA) is 0 Å². The molecule has 0 atom stereocenters. The number of allylic oxidation sites excluding steroid dienone is 2. The maximum Gasteiger partial charge on any atom is -0.0129 e. The second kappa shape index (κ2) is 7.72. The molecule has 14 heavy (non-hydrogen) atoms. The number of unbranched alkanes of at least 4 members (excludes halogenated alkanes) is 4. The first-order valence-corrected chi connectivity index (χ1v) is 6.91. The molecule has 0 saturated heterocycles. The van der Waals surface area contributed by atoms with Gasteiger partial charge in [0.2, 0.25) is 0 Å². The van der Waals surface area contributed by atoms with Crippen molar-refractivity contribution in [3.8, 4) is 0 Å². The van der Waals surface area contributed by atoms with Gasteiger partial charge in [0, 0.05) is 0 Å². The third kappa shape index (κ3) is 10.6. The van der Waals surface area contributed by atoms with Crippen LogP contribution < -0.4 is 0 Å². The lowest BCUT2D eigenvalue weighted by atomic mass is 9.95. The van der Waals surface area contributed by atoms with Crippen LogP contribution in [0.3, 0.4) is 0 Å². The Morgan fingerprint density at radius 3 is 2.14 bits per heavy atom. The maximum absolute atomic E-state index is 2.49. The van der Waals surface area contributed by atoms with Crippen LogP contribution in [-0.2, 0) is 0 Å². The van der Waals surface area contributed by atoms with Crippen molar-refractivity contribution < 1.29 is 0 Å². The fraction of sp³-hybridized carbons (Fsp3) is 0.846. The molecule has 0 aromatic heterocycles. The van der Waals surface area contributed by atoms with Gasteiger partial charge in [-0.15, -0.1) is 0 Å². The Labute approximate surface area is 104 Å². The van der Waals surface area contributed by atoms with E-state index >= 15 is 0 Å². The second-order valence-corrected chi connectivity index (χ2v) is 6.51. The van der Waals surface area contributed by atoms with Crippen molar-refractivity contribution in [3.63, 3.8) is 0 Å². The first kappa shape index (κ1) is 14.5. The Kier molecular flexibility index (Phi) is 7.98. The number of halogens is 1. The van der Waals surface area contributed by atoms with Gasteiger partial charge in [-0.25, -0.2) is 0 Å². The molecule has 84 valence electrons. The molecule has 0 aliphatic rings. The molecule has 0 rings (SSSR count). The van der Waals surface area contributed by atoms with Crippen molar-refractivity contribution in [1.29, 1.82) is 0 Å². The summed E-state index contributed by atoms with van der Waals surface area (Å²) in [5, 5.41) is 0. The van der Waals surface area contributed by atoms with E-state index in [1.54, 1.807) is 0 Å². The van der Waals surface area contributed by atoms with Crippen molar-refractivity contribution in [3.05, 3.63) is 9.66 Å². The van der Waals surface area contributed by atoms with E-state index < -0.39 is 0 Å². The van der Waals surface area contributed by atoms with Gasteiger partial charge in [0.25, 0.3) is 0 Å². The first-order chi connectivity index (χ1) is 6.45. The van der Waals surface area contributed by atoms with Crippen molar-refractivity contribution in [2.45, 2.75) is 66.2 Å². The fourth-order valence-corrected chi connectivity index (χ4v) is 2.76. The third-order valence-corrected chi connectivity index (χ3v) is 2.96. The molecule has 0 aliphatic carbocycles. The molecule has 0 unspecified atom stereocenters. The molecule has 0 saturated carbocycles. The van der Waals surface area contributed by atoms with Crippen LogP contribution in [0, 0.1) is 5.41 Å². The third-order valence-electron chi connectivity index (χ3n) is 2.11. The van der Waals surface area contributed by atoms with E-state index in [1.807, 2.05) is 0 Å². The minimum absolute atomic E-state index is 0.347. The largest absolute Gasteiger partial charge is 0.0698 e. The molecule has 0 fully saturated rings. The zero-order chi connectivity index (χ0) is 11.0. The van der Waals surface area contributed by atoms with Gasteiger partial charge in [0.05, 0.1) is 0 Å². The summed E-state index contributed by atoms with van der Waals surface area (Å²) in [5.41, 5.74) is 0.347. The highest BCUT2D eigenvalue weighted by Gasteiger charge is 2.06. The number of hydrogen-bond acceptors (Lipinski definition) is 0. The van der Waals surface area contributed by atoms with Gasteiger partial charge in [0.1, 0.15) is 0 Å². The predicted octanol–water partition coefficient (Wildman–Crippen LogP) is 5.71. The number of rotatable bonds is 6. The minimum atomic E-state index is 0.347. The van der Waals surface area contributed by atoms with Crippen LogP contribution in [0.15, 0.2) is 9.66 Å². The average molecular weight is 308 g/mol. The molecule has 0 aromatic carbocycles. The molecule has 0 aromatic rings. The van der Waals surface area contributed by atoms with E-state index in [0.29, 0.717) is 5.41 Å². The van der Waals surface area contributed by atoms with Gasteiger partial charge in [-0.3, -0.25) is 0 Å². The molecule has 0 nitrogen and oxygen atoms in total. The van der Waals surface area contributed by atoms with Gasteiger partial charge in [-0.2, -0.15) is 0 Å². The molecule has 0 bridgehead atoms. The summed E-state index contributed by atoms with van der Waals surface area (Å²) in [6.07, 6.45) is 10.6. The highest BCUT2D eigenvalue weighted by atomic mass is 127. The zero-order valence-electron chi connectivity index (χ0n) is 10.2. The summed E-state index contributed by atoms with van der Waals surface area (Å²) in [7, 11) is 0. The van der Waals surface area contributed by atoms with Gasteiger partial charge in [0.15, 0.2) is 0 Å². The number of hydrogen-bond donors (Lipinski definition) is 0. The van der Waals surface area contributed by atoms with E-state index in [1.165, 1.54) is 42.1 Å². The molecule has 0 radical (unpaired) electrons. The van der Waals surface area contributed by atoms with Crippen LogP contribution >= 0.6 is 22.6 Å². The summed E-state index contributed by atoms with van der Waals surface area (Å²) >= 11 is 2.49. The zero-order valence-corrected chi connectivity index (χ0v) is 12.4. The van der Waals surface area contributed by atoms with Gasteiger partial charge in [-0.1, -0.05) is 59.5 Å². The predicted molar refractivity (Wildman–Crippen MR) is 74.9 cm³/mol. The van der Waals surface area contributed by atoms with Gasteiger partial charge < -0.3 is 0 Å². The molecule has 1 heteroatoms. The SMILES string of the molecule is CCCCCCC/C(I)=C/C(C)(C)C. The Morgan fingerprint density at radius 2 is 1.64 bits per heavy atom. The molecular weight excluding hydrogens is 283 g/mol. The van der Waals surface area contributed by atoms with Crippen molar-refractivity contribution in [2.24, 2.45) is 5.41 Å². The van der Waals surface area contributed by atoms with Crippen molar-refractivity contribution in [2.75, 3.05) is 0 Å². The van der Waals surface area contributed by atoms with Crippen LogP contribution in [0.25, 0.3) is 0 Å². The molecule has 0 heterocycles. The van der Waals surface area contributed by atoms with Crippen LogP contribution in [0.5, 0.6) is 0 Å². The van der Waals surface area contributed by atoms with Crippen LogP contribution in [0.2, 0.25) is 0 Å². The lowest BCUT2D eigenvalue weighted by Crippen LogP contribution is -1.99. The summed E-state index contributed by atoms with van der Waals surface area (Å²) < 4.78 is 1.53. The molecule has 0 amide bonds.